The average Bonchev–Trinajstić information content (AvgIpc) is 2.49. The number of benzene rings is 2. The number of hydrogen-bond acceptors (Lipinski definition) is 4. The molecule has 0 fully saturated rings. The van der Waals surface area contributed by atoms with Crippen LogP contribution in [0, 0.1) is 0 Å². The van der Waals surface area contributed by atoms with E-state index in [1.807, 2.05) is 36.4 Å². The molecular weight excluding hydrogens is 352 g/mol. The molecule has 0 atom stereocenters. The van der Waals surface area contributed by atoms with E-state index in [2.05, 4.69) is 15.3 Å². The molecule has 118 valence electrons. The summed E-state index contributed by atoms with van der Waals surface area (Å²) in [5, 5.41) is 6.32. The predicted molar refractivity (Wildman–Crippen MR) is 98.4 cm³/mol. The SMILES string of the molecule is CP(C)(=O)c1c(Nc2nc(Cl)ncc2Cl)ccc2ccccc12. The Labute approximate surface area is 144 Å². The molecule has 1 N–H and O–H groups in total. The van der Waals surface area contributed by atoms with Crippen molar-refractivity contribution in [1.29, 1.82) is 0 Å². The Bertz CT molecular complexity index is 940. The van der Waals surface area contributed by atoms with Gasteiger partial charge in [-0.3, -0.25) is 0 Å². The van der Waals surface area contributed by atoms with Gasteiger partial charge in [-0.25, -0.2) is 4.98 Å². The summed E-state index contributed by atoms with van der Waals surface area (Å²) in [4.78, 5) is 7.92. The predicted octanol–water partition coefficient (Wildman–Crippen LogP) is 4.93. The summed E-state index contributed by atoms with van der Waals surface area (Å²) in [6.45, 7) is 3.49. The number of rotatable bonds is 3. The zero-order chi connectivity index (χ0) is 16.6. The standard InChI is InChI=1S/C16H14Cl2N3OP/c1-23(2,22)14-11-6-4-3-5-10(11)7-8-13(14)20-15-12(17)9-19-16(18)21-15/h3-9H,1-2H3,(H,19,20,21). The van der Waals surface area contributed by atoms with Crippen molar-refractivity contribution in [3.8, 4) is 0 Å². The van der Waals surface area contributed by atoms with Crippen molar-refractivity contribution in [2.24, 2.45) is 0 Å². The molecule has 1 aromatic heterocycles. The van der Waals surface area contributed by atoms with Gasteiger partial charge in [-0.2, -0.15) is 4.98 Å². The van der Waals surface area contributed by atoms with Gasteiger partial charge in [0.05, 0.1) is 11.9 Å². The molecule has 0 bridgehead atoms. The van der Waals surface area contributed by atoms with Crippen LogP contribution in [-0.2, 0) is 4.57 Å². The van der Waals surface area contributed by atoms with E-state index in [0.29, 0.717) is 16.5 Å². The first-order valence-corrected chi connectivity index (χ1v) is 10.2. The molecule has 3 rings (SSSR count). The van der Waals surface area contributed by atoms with Crippen molar-refractivity contribution in [2.75, 3.05) is 18.6 Å². The van der Waals surface area contributed by atoms with Crippen LogP contribution in [-0.4, -0.2) is 23.3 Å². The minimum absolute atomic E-state index is 0.0930. The molecule has 0 aliphatic heterocycles. The first-order valence-electron chi connectivity index (χ1n) is 6.88. The van der Waals surface area contributed by atoms with Gasteiger partial charge in [0, 0.05) is 5.30 Å². The van der Waals surface area contributed by atoms with E-state index in [1.165, 1.54) is 6.20 Å². The zero-order valence-corrected chi connectivity index (χ0v) is 15.0. The van der Waals surface area contributed by atoms with E-state index < -0.39 is 7.14 Å². The number of nitrogens with zero attached hydrogens (tertiary/aromatic N) is 2. The molecule has 23 heavy (non-hydrogen) atoms. The molecule has 0 saturated carbocycles. The molecule has 0 unspecified atom stereocenters. The van der Waals surface area contributed by atoms with Crippen molar-refractivity contribution in [3.05, 3.63) is 52.9 Å². The van der Waals surface area contributed by atoms with Gasteiger partial charge in [0.25, 0.3) is 0 Å². The van der Waals surface area contributed by atoms with Gasteiger partial charge in [-0.1, -0.05) is 41.9 Å². The minimum atomic E-state index is -2.55. The number of halogens is 2. The minimum Gasteiger partial charge on any atom is -0.338 e. The van der Waals surface area contributed by atoms with Crippen molar-refractivity contribution < 1.29 is 4.57 Å². The molecule has 0 aliphatic rings. The number of hydrogen-bond donors (Lipinski definition) is 1. The van der Waals surface area contributed by atoms with Crippen molar-refractivity contribution >= 4 is 57.9 Å². The van der Waals surface area contributed by atoms with Crippen LogP contribution in [0.2, 0.25) is 10.3 Å². The number of fused-ring (bicyclic) bond motifs is 1. The quantitative estimate of drug-likeness (QED) is 0.528. The number of anilines is 2. The van der Waals surface area contributed by atoms with E-state index in [1.54, 1.807) is 13.3 Å². The smallest absolute Gasteiger partial charge is 0.224 e. The second kappa shape index (κ2) is 6.12. The largest absolute Gasteiger partial charge is 0.338 e. The maximum Gasteiger partial charge on any atom is 0.224 e. The normalized spacial score (nSPS) is 11.7. The molecule has 0 aliphatic carbocycles. The molecule has 3 aromatic rings. The highest BCUT2D eigenvalue weighted by molar-refractivity contribution is 7.71. The topological polar surface area (TPSA) is 54.9 Å². The maximum atomic E-state index is 12.9. The second-order valence-corrected chi connectivity index (χ2v) is 9.39. The Morgan fingerprint density at radius 2 is 1.83 bits per heavy atom. The highest BCUT2D eigenvalue weighted by Gasteiger charge is 2.20. The van der Waals surface area contributed by atoms with Crippen LogP contribution >= 0.6 is 30.3 Å². The first-order chi connectivity index (χ1) is 10.9. The van der Waals surface area contributed by atoms with Crippen LogP contribution < -0.4 is 10.6 Å². The molecule has 0 amide bonds. The van der Waals surface area contributed by atoms with E-state index in [9.17, 15) is 4.57 Å². The lowest BCUT2D eigenvalue weighted by atomic mass is 10.1. The van der Waals surface area contributed by atoms with Gasteiger partial charge in [0.15, 0.2) is 5.82 Å². The number of aromatic nitrogens is 2. The molecular formula is C16H14Cl2N3OP. The van der Waals surface area contributed by atoms with Crippen molar-refractivity contribution in [2.45, 2.75) is 0 Å². The molecule has 2 aromatic carbocycles. The summed E-state index contributed by atoms with van der Waals surface area (Å²) in [7, 11) is -2.55. The van der Waals surface area contributed by atoms with Crippen LogP contribution in [0.5, 0.6) is 0 Å². The summed E-state index contributed by atoms with van der Waals surface area (Å²) in [6, 6.07) is 11.7. The Morgan fingerprint density at radius 3 is 2.57 bits per heavy atom. The maximum absolute atomic E-state index is 12.9. The summed E-state index contributed by atoms with van der Waals surface area (Å²) < 4.78 is 12.9. The Morgan fingerprint density at radius 1 is 1.09 bits per heavy atom. The first kappa shape index (κ1) is 16.3. The van der Waals surface area contributed by atoms with E-state index in [0.717, 1.165) is 16.1 Å². The van der Waals surface area contributed by atoms with E-state index >= 15 is 0 Å². The van der Waals surface area contributed by atoms with E-state index in [4.69, 9.17) is 23.2 Å². The van der Waals surface area contributed by atoms with E-state index in [-0.39, 0.29) is 5.28 Å². The summed E-state index contributed by atoms with van der Waals surface area (Å²) in [5.41, 5.74) is 0.703. The van der Waals surface area contributed by atoms with Gasteiger partial charge in [0.2, 0.25) is 5.28 Å². The molecule has 7 heteroatoms. The summed E-state index contributed by atoms with van der Waals surface area (Å²) >= 11 is 11.9. The van der Waals surface area contributed by atoms with Crippen LogP contribution in [0.3, 0.4) is 0 Å². The third-order valence-corrected chi connectivity index (χ3v) is 5.42. The monoisotopic (exact) mass is 365 g/mol. The Kier molecular flexibility index (Phi) is 4.33. The van der Waals surface area contributed by atoms with Crippen molar-refractivity contribution in [1.82, 2.24) is 9.97 Å². The number of nitrogens with one attached hydrogen (secondary N) is 1. The van der Waals surface area contributed by atoms with Gasteiger partial charge in [-0.05, 0) is 41.8 Å². The highest BCUT2D eigenvalue weighted by atomic mass is 35.5. The summed E-state index contributed by atoms with van der Waals surface area (Å²) in [5.74, 6) is 0.386. The lowest BCUT2D eigenvalue weighted by Crippen LogP contribution is -2.12. The average molecular weight is 366 g/mol. The fourth-order valence-corrected chi connectivity index (χ4v) is 4.26. The van der Waals surface area contributed by atoms with Crippen LogP contribution in [0.15, 0.2) is 42.6 Å². The highest BCUT2D eigenvalue weighted by Crippen LogP contribution is 2.41. The van der Waals surface area contributed by atoms with Crippen molar-refractivity contribution in [3.63, 3.8) is 0 Å². The fraction of sp³-hybridized carbons (Fsp3) is 0.125. The Balaban J connectivity index is 2.21. The zero-order valence-electron chi connectivity index (χ0n) is 12.5. The Hall–Kier alpha value is -1.61. The van der Waals surface area contributed by atoms with Crippen LogP contribution in [0.25, 0.3) is 10.8 Å². The summed E-state index contributed by atoms with van der Waals surface area (Å²) in [6.07, 6.45) is 1.43. The molecule has 0 spiro atoms. The van der Waals surface area contributed by atoms with Gasteiger partial charge in [-0.15, -0.1) is 0 Å². The molecule has 1 heterocycles. The lowest BCUT2D eigenvalue weighted by Gasteiger charge is -2.18. The van der Waals surface area contributed by atoms with Gasteiger partial charge >= 0.3 is 0 Å². The van der Waals surface area contributed by atoms with Crippen LogP contribution in [0.4, 0.5) is 11.5 Å². The van der Waals surface area contributed by atoms with Gasteiger partial charge in [0.1, 0.15) is 12.2 Å². The molecule has 0 radical (unpaired) electrons. The molecule has 4 nitrogen and oxygen atoms in total. The third kappa shape index (κ3) is 3.35. The fourth-order valence-electron chi connectivity index (χ4n) is 2.50. The van der Waals surface area contributed by atoms with Gasteiger partial charge < -0.3 is 9.88 Å². The third-order valence-electron chi connectivity index (χ3n) is 3.41. The van der Waals surface area contributed by atoms with Crippen LogP contribution in [0.1, 0.15) is 0 Å². The lowest BCUT2D eigenvalue weighted by molar-refractivity contribution is 0.588. The molecule has 0 saturated heterocycles. The second-order valence-electron chi connectivity index (χ2n) is 5.49.